The molecule has 1 saturated carbocycles. The molecule has 0 radical (unpaired) electrons. The molecule has 0 amide bonds. The number of rotatable bonds is 10. The van der Waals surface area contributed by atoms with E-state index in [4.69, 9.17) is 13.9 Å². The molecule has 0 N–H and O–H groups in total. The second kappa shape index (κ2) is 11.5. The van der Waals surface area contributed by atoms with Crippen LogP contribution in [0.15, 0.2) is 0 Å². The minimum atomic E-state index is -2.17. The Morgan fingerprint density at radius 1 is 0.931 bits per heavy atom. The third-order valence-electron chi connectivity index (χ3n) is 5.92. The van der Waals surface area contributed by atoms with Crippen molar-refractivity contribution in [3.05, 3.63) is 0 Å². The molecule has 9 heteroatoms. The Kier molecular flexibility index (Phi) is 10.6. The first-order valence-electron chi connectivity index (χ1n) is 10.5. The molecule has 1 atom stereocenters. The standard InChI is InChI=1S/C20H36Br3NO4P/c1-18(2)10-17(28-29(25)26-15-20(12-21,13-22)14-23)11-19(3,4)24(18)27-16-8-6-5-7-9-16/h16-17H,5-15H2,1-4H3/q+1. The van der Waals surface area contributed by atoms with Crippen LogP contribution in [0, 0.1) is 5.41 Å². The van der Waals surface area contributed by atoms with E-state index in [-0.39, 0.29) is 22.6 Å². The molecule has 170 valence electrons. The molecular formula is C20H36Br3NO4P+. The lowest BCUT2D eigenvalue weighted by Crippen LogP contribution is -2.62. The summed E-state index contributed by atoms with van der Waals surface area (Å²) < 4.78 is 24.0. The molecule has 2 aliphatic rings. The van der Waals surface area contributed by atoms with Gasteiger partial charge in [-0.3, -0.25) is 4.84 Å². The van der Waals surface area contributed by atoms with Gasteiger partial charge in [0.1, 0.15) is 12.7 Å². The van der Waals surface area contributed by atoms with Gasteiger partial charge in [0.05, 0.1) is 6.10 Å². The lowest BCUT2D eigenvalue weighted by Gasteiger charge is -2.53. The smallest absolute Gasteiger partial charge is 0.295 e. The van der Waals surface area contributed by atoms with E-state index in [1.165, 1.54) is 19.3 Å². The van der Waals surface area contributed by atoms with Crippen molar-refractivity contribution in [3.8, 4) is 0 Å². The number of nitrogens with zero attached hydrogens (tertiary/aromatic N) is 1. The van der Waals surface area contributed by atoms with Crippen molar-refractivity contribution in [2.75, 3.05) is 22.6 Å². The van der Waals surface area contributed by atoms with E-state index in [1.807, 2.05) is 0 Å². The summed E-state index contributed by atoms with van der Waals surface area (Å²) in [4.78, 5) is 6.51. The van der Waals surface area contributed by atoms with Crippen molar-refractivity contribution in [1.29, 1.82) is 0 Å². The highest BCUT2D eigenvalue weighted by Gasteiger charge is 2.50. The Labute approximate surface area is 202 Å². The van der Waals surface area contributed by atoms with E-state index in [1.54, 1.807) is 0 Å². The average Bonchev–Trinajstić information content (AvgIpc) is 2.66. The van der Waals surface area contributed by atoms with Gasteiger partial charge < -0.3 is 0 Å². The first-order chi connectivity index (χ1) is 13.6. The van der Waals surface area contributed by atoms with Crippen LogP contribution in [-0.4, -0.2) is 50.9 Å². The molecule has 0 spiro atoms. The quantitative estimate of drug-likeness (QED) is 0.191. The Bertz CT molecular complexity index is 514. The maximum Gasteiger partial charge on any atom is 0.697 e. The Hall–Kier alpha value is 1.38. The van der Waals surface area contributed by atoms with Crippen LogP contribution >= 0.6 is 56.0 Å². The Morgan fingerprint density at radius 3 is 1.93 bits per heavy atom. The Morgan fingerprint density at radius 2 is 1.45 bits per heavy atom. The van der Waals surface area contributed by atoms with Gasteiger partial charge >= 0.3 is 8.25 Å². The summed E-state index contributed by atoms with van der Waals surface area (Å²) in [6, 6.07) is 0. The maximum atomic E-state index is 12.5. The lowest BCUT2D eigenvalue weighted by atomic mass is 9.80. The van der Waals surface area contributed by atoms with Crippen LogP contribution in [0.1, 0.15) is 72.6 Å². The van der Waals surface area contributed by atoms with E-state index in [2.05, 4.69) is 80.5 Å². The van der Waals surface area contributed by atoms with E-state index in [0.717, 1.165) is 41.7 Å². The van der Waals surface area contributed by atoms with Gasteiger partial charge in [0.2, 0.25) is 0 Å². The SMILES string of the molecule is CC1(C)CC(O[P+](=O)OCC(CBr)(CBr)CBr)CC(C)(C)N1OC1CCCCC1. The molecule has 1 unspecified atom stereocenters. The van der Waals surface area contributed by atoms with Crippen LogP contribution in [0.2, 0.25) is 0 Å². The molecule has 2 rings (SSSR count). The van der Waals surface area contributed by atoms with Crippen molar-refractivity contribution in [2.24, 2.45) is 5.41 Å². The van der Waals surface area contributed by atoms with Crippen LogP contribution in [0.3, 0.4) is 0 Å². The van der Waals surface area contributed by atoms with Crippen LogP contribution in [-0.2, 0) is 18.5 Å². The molecule has 0 bridgehead atoms. The molecule has 5 nitrogen and oxygen atoms in total. The van der Waals surface area contributed by atoms with E-state index in [9.17, 15) is 4.57 Å². The highest BCUT2D eigenvalue weighted by Crippen LogP contribution is 2.44. The third-order valence-corrected chi connectivity index (χ3v) is 10.3. The van der Waals surface area contributed by atoms with Gasteiger partial charge in [-0.1, -0.05) is 67.1 Å². The molecule has 1 aliphatic heterocycles. The molecule has 0 aromatic heterocycles. The number of halogens is 3. The van der Waals surface area contributed by atoms with Gasteiger partial charge in [0.15, 0.2) is 0 Å². The number of alkyl halides is 3. The number of piperidine rings is 1. The first-order valence-corrected chi connectivity index (χ1v) is 15.0. The van der Waals surface area contributed by atoms with Gasteiger partial charge in [0.25, 0.3) is 0 Å². The first kappa shape index (κ1) is 26.6. The number of hydrogen-bond donors (Lipinski definition) is 0. The monoisotopic (exact) mass is 622 g/mol. The van der Waals surface area contributed by atoms with Crippen molar-refractivity contribution in [1.82, 2.24) is 5.06 Å². The predicted molar refractivity (Wildman–Crippen MR) is 129 cm³/mol. The summed E-state index contributed by atoms with van der Waals surface area (Å²) in [6.07, 6.45) is 7.80. The molecule has 29 heavy (non-hydrogen) atoms. The summed E-state index contributed by atoms with van der Waals surface area (Å²) in [6.45, 7) is 9.11. The van der Waals surface area contributed by atoms with E-state index < -0.39 is 8.25 Å². The van der Waals surface area contributed by atoms with Crippen LogP contribution in [0.5, 0.6) is 0 Å². The zero-order valence-electron chi connectivity index (χ0n) is 18.1. The normalized spacial score (nSPS) is 24.6. The fourth-order valence-corrected chi connectivity index (χ4v) is 8.52. The van der Waals surface area contributed by atoms with Crippen LogP contribution < -0.4 is 0 Å². The van der Waals surface area contributed by atoms with Gasteiger partial charge in [-0.05, 0) is 53.4 Å². The zero-order chi connectivity index (χ0) is 21.7. The average molecular weight is 625 g/mol. The maximum absolute atomic E-state index is 12.5. The largest absolute Gasteiger partial charge is 0.697 e. The fourth-order valence-electron chi connectivity index (χ4n) is 4.42. The molecule has 0 aromatic rings. The zero-order valence-corrected chi connectivity index (χ0v) is 23.7. The van der Waals surface area contributed by atoms with E-state index in [0.29, 0.717) is 12.7 Å². The Balaban J connectivity index is 1.94. The third kappa shape index (κ3) is 7.45. The molecule has 1 aliphatic carbocycles. The summed E-state index contributed by atoms with van der Waals surface area (Å²) in [5.41, 5.74) is -0.555. The summed E-state index contributed by atoms with van der Waals surface area (Å²) >= 11 is 10.6. The summed E-state index contributed by atoms with van der Waals surface area (Å²) in [5, 5.41) is 4.43. The highest BCUT2D eigenvalue weighted by atomic mass is 79.9. The second-order valence-corrected chi connectivity index (χ2v) is 12.4. The van der Waals surface area contributed by atoms with Crippen molar-refractivity contribution in [2.45, 2.75) is 95.9 Å². The van der Waals surface area contributed by atoms with Gasteiger partial charge in [-0.25, -0.2) is 0 Å². The number of hydroxylamine groups is 2. The van der Waals surface area contributed by atoms with Gasteiger partial charge in [0, 0.05) is 37.0 Å². The summed E-state index contributed by atoms with van der Waals surface area (Å²) in [5.74, 6) is 0. The van der Waals surface area contributed by atoms with Crippen LogP contribution in [0.25, 0.3) is 0 Å². The number of hydrogen-bond acceptors (Lipinski definition) is 5. The molecule has 1 heterocycles. The van der Waals surface area contributed by atoms with Crippen molar-refractivity contribution >= 4 is 56.0 Å². The van der Waals surface area contributed by atoms with Crippen LogP contribution in [0.4, 0.5) is 0 Å². The second-order valence-electron chi connectivity index (χ2n) is 9.82. The fraction of sp³-hybridized carbons (Fsp3) is 1.00. The molecule has 1 saturated heterocycles. The topological polar surface area (TPSA) is 48.0 Å². The van der Waals surface area contributed by atoms with Gasteiger partial charge in [-0.15, -0.1) is 9.05 Å². The van der Waals surface area contributed by atoms with E-state index >= 15 is 0 Å². The molecule has 0 aromatic carbocycles. The van der Waals surface area contributed by atoms with Crippen molar-refractivity contribution < 1.29 is 18.5 Å². The minimum absolute atomic E-state index is 0.124. The predicted octanol–water partition coefficient (Wildman–Crippen LogP) is 7.13. The van der Waals surface area contributed by atoms with Crippen molar-refractivity contribution in [3.63, 3.8) is 0 Å². The molecule has 2 fully saturated rings. The molecular weight excluding hydrogens is 589 g/mol. The highest BCUT2D eigenvalue weighted by molar-refractivity contribution is 9.10. The summed E-state index contributed by atoms with van der Waals surface area (Å²) in [7, 11) is -2.17. The lowest BCUT2D eigenvalue weighted by molar-refractivity contribution is -0.316. The minimum Gasteiger partial charge on any atom is -0.295 e. The van der Waals surface area contributed by atoms with Gasteiger partial charge in [-0.2, -0.15) is 5.06 Å².